The zero-order valence-electron chi connectivity index (χ0n) is 10.3. The molecule has 2 rings (SSSR count). The van der Waals surface area contributed by atoms with Crippen LogP contribution in [0.25, 0.3) is 0 Å². The molecule has 0 bridgehead atoms. The molecule has 0 saturated heterocycles. The summed E-state index contributed by atoms with van der Waals surface area (Å²) in [6.45, 7) is 1.54. The van der Waals surface area contributed by atoms with Crippen LogP contribution in [0.2, 0.25) is 5.02 Å². The third-order valence-corrected chi connectivity index (χ3v) is 5.16. The van der Waals surface area contributed by atoms with Gasteiger partial charge in [0.15, 0.2) is 5.76 Å². The number of carbonyl (C=O) groups excluding carboxylic acids is 1. The monoisotopic (exact) mass is 336 g/mol. The highest BCUT2D eigenvalue weighted by atomic mass is 35.5. The van der Waals surface area contributed by atoms with Gasteiger partial charge in [-0.05, 0) is 18.4 Å². The summed E-state index contributed by atoms with van der Waals surface area (Å²) in [5, 5.41) is 5.02. The molecule has 2 aromatic heterocycles. The number of methoxy groups -OCH3 is 1. The van der Waals surface area contributed by atoms with Crippen molar-refractivity contribution in [3.8, 4) is 0 Å². The molecule has 2 heterocycles. The average molecular weight is 337 g/mol. The van der Waals surface area contributed by atoms with E-state index < -0.39 is 16.0 Å². The third-order valence-electron chi connectivity index (χ3n) is 2.31. The van der Waals surface area contributed by atoms with Crippen LogP contribution in [0.4, 0.5) is 5.82 Å². The summed E-state index contributed by atoms with van der Waals surface area (Å²) in [5.74, 6) is -0.586. The van der Waals surface area contributed by atoms with Crippen LogP contribution in [0, 0.1) is 6.92 Å². The summed E-state index contributed by atoms with van der Waals surface area (Å²) < 4.78 is 35.9. The molecule has 0 radical (unpaired) electrons. The maximum atomic E-state index is 12.2. The minimum atomic E-state index is -4.01. The molecule has 20 heavy (non-hydrogen) atoms. The predicted octanol–water partition coefficient (Wildman–Crippen LogP) is 2.29. The molecule has 0 saturated carbocycles. The van der Waals surface area contributed by atoms with E-state index in [1.54, 1.807) is 0 Å². The minimum absolute atomic E-state index is 0.0312. The van der Waals surface area contributed by atoms with Gasteiger partial charge in [-0.15, -0.1) is 11.3 Å². The molecule has 7 nitrogen and oxygen atoms in total. The molecule has 108 valence electrons. The van der Waals surface area contributed by atoms with Gasteiger partial charge in [0.05, 0.1) is 7.11 Å². The van der Waals surface area contributed by atoms with E-state index in [-0.39, 0.29) is 26.4 Å². The molecular formula is C10H9ClN2O5S2. The second-order valence-electron chi connectivity index (χ2n) is 3.61. The van der Waals surface area contributed by atoms with E-state index in [2.05, 4.69) is 14.6 Å². The molecule has 0 spiro atoms. The number of hydrogen-bond donors (Lipinski definition) is 1. The Balaban J connectivity index is 2.39. The van der Waals surface area contributed by atoms with Gasteiger partial charge < -0.3 is 9.26 Å². The summed E-state index contributed by atoms with van der Waals surface area (Å²) in [7, 11) is -2.84. The molecule has 0 aliphatic rings. The number of halogens is 1. The molecule has 0 fully saturated rings. The zero-order chi connectivity index (χ0) is 14.9. The Kier molecular flexibility index (Phi) is 4.02. The number of nitrogens with one attached hydrogen (secondary N) is 1. The quantitative estimate of drug-likeness (QED) is 0.860. The number of nitrogens with zero attached hydrogens (tertiary/aromatic N) is 1. The van der Waals surface area contributed by atoms with Crippen LogP contribution >= 0.6 is 22.9 Å². The molecule has 0 aliphatic carbocycles. The van der Waals surface area contributed by atoms with Crippen molar-refractivity contribution >= 4 is 44.7 Å². The summed E-state index contributed by atoms with van der Waals surface area (Å²) in [4.78, 5) is 11.3. The molecule has 0 atom stereocenters. The number of sulfonamides is 1. The zero-order valence-corrected chi connectivity index (χ0v) is 12.7. The highest BCUT2D eigenvalue weighted by Crippen LogP contribution is 2.29. The van der Waals surface area contributed by atoms with Crippen molar-refractivity contribution in [3.05, 3.63) is 27.1 Å². The summed E-state index contributed by atoms with van der Waals surface area (Å²) in [6.07, 6.45) is 0. The van der Waals surface area contributed by atoms with E-state index in [1.807, 2.05) is 0 Å². The number of ether oxygens (including phenoxy) is 1. The van der Waals surface area contributed by atoms with E-state index in [4.69, 9.17) is 16.1 Å². The highest BCUT2D eigenvalue weighted by molar-refractivity contribution is 7.93. The van der Waals surface area contributed by atoms with Gasteiger partial charge in [0, 0.05) is 0 Å². The first-order valence-electron chi connectivity index (χ1n) is 5.17. The third kappa shape index (κ3) is 2.65. The number of carbonyl (C=O) groups is 1. The SMILES string of the molecule is COC(=O)c1sccc1S(=O)(=O)Nc1noc(C)c1Cl. The Hall–Kier alpha value is -1.58. The van der Waals surface area contributed by atoms with Crippen molar-refractivity contribution in [2.75, 3.05) is 11.8 Å². The van der Waals surface area contributed by atoms with Crippen LogP contribution < -0.4 is 4.72 Å². The van der Waals surface area contributed by atoms with Gasteiger partial charge in [-0.1, -0.05) is 16.8 Å². The minimum Gasteiger partial charge on any atom is -0.465 e. The Morgan fingerprint density at radius 1 is 1.55 bits per heavy atom. The van der Waals surface area contributed by atoms with Crippen molar-refractivity contribution in [3.63, 3.8) is 0 Å². The lowest BCUT2D eigenvalue weighted by molar-refractivity contribution is 0.0602. The van der Waals surface area contributed by atoms with Gasteiger partial charge in [-0.25, -0.2) is 13.2 Å². The molecule has 1 N–H and O–H groups in total. The fourth-order valence-corrected chi connectivity index (χ4v) is 3.87. The standard InChI is InChI=1S/C10H9ClN2O5S2/c1-5-7(11)9(12-18-5)13-20(15,16)6-3-4-19-8(6)10(14)17-2/h3-4H,1-2H3,(H,12,13). The first kappa shape index (κ1) is 14.8. The number of anilines is 1. The van der Waals surface area contributed by atoms with Gasteiger partial charge >= 0.3 is 5.97 Å². The van der Waals surface area contributed by atoms with Crippen molar-refractivity contribution in [2.45, 2.75) is 11.8 Å². The fourth-order valence-electron chi connectivity index (χ4n) is 1.36. The Labute approximate surface area is 123 Å². The van der Waals surface area contributed by atoms with Crippen molar-refractivity contribution < 1.29 is 22.5 Å². The molecule has 0 aliphatic heterocycles. The molecule has 0 unspecified atom stereocenters. The van der Waals surface area contributed by atoms with Gasteiger partial charge in [0.2, 0.25) is 5.82 Å². The number of rotatable bonds is 4. The Morgan fingerprint density at radius 2 is 2.25 bits per heavy atom. The van der Waals surface area contributed by atoms with Crippen molar-refractivity contribution in [1.29, 1.82) is 0 Å². The predicted molar refractivity (Wildman–Crippen MR) is 72.7 cm³/mol. The van der Waals surface area contributed by atoms with E-state index >= 15 is 0 Å². The second-order valence-corrected chi connectivity index (χ2v) is 6.56. The van der Waals surface area contributed by atoms with Crippen LogP contribution in [0.1, 0.15) is 15.4 Å². The number of thiophene rings is 1. The average Bonchev–Trinajstić information content (AvgIpc) is 3.00. The normalized spacial score (nSPS) is 11.3. The van der Waals surface area contributed by atoms with Gasteiger partial charge in [-0.2, -0.15) is 0 Å². The first-order valence-corrected chi connectivity index (χ1v) is 7.91. The summed E-state index contributed by atoms with van der Waals surface area (Å²) in [6, 6.07) is 1.29. The van der Waals surface area contributed by atoms with Crippen molar-refractivity contribution in [2.24, 2.45) is 0 Å². The maximum absolute atomic E-state index is 12.2. The first-order chi connectivity index (χ1) is 9.36. The number of esters is 1. The van der Waals surface area contributed by atoms with Gasteiger partial charge in [0.25, 0.3) is 10.0 Å². The van der Waals surface area contributed by atoms with Crippen LogP contribution in [0.5, 0.6) is 0 Å². The van der Waals surface area contributed by atoms with Crippen LogP contribution in [-0.4, -0.2) is 26.7 Å². The van der Waals surface area contributed by atoms with Crippen molar-refractivity contribution in [1.82, 2.24) is 5.16 Å². The van der Waals surface area contributed by atoms with Crippen LogP contribution in [0.3, 0.4) is 0 Å². The van der Waals surface area contributed by atoms with Crippen LogP contribution in [0.15, 0.2) is 20.9 Å². The van der Waals surface area contributed by atoms with Gasteiger partial charge in [-0.3, -0.25) is 4.72 Å². The molecular weight excluding hydrogens is 328 g/mol. The van der Waals surface area contributed by atoms with Gasteiger partial charge in [0.1, 0.15) is 14.8 Å². The second kappa shape index (κ2) is 5.43. The van der Waals surface area contributed by atoms with E-state index in [0.717, 1.165) is 11.3 Å². The molecule has 0 amide bonds. The Bertz CT molecular complexity index is 750. The maximum Gasteiger partial charge on any atom is 0.349 e. The lowest BCUT2D eigenvalue weighted by Gasteiger charge is -2.05. The molecule has 0 aromatic carbocycles. The Morgan fingerprint density at radius 3 is 2.80 bits per heavy atom. The molecule has 2 aromatic rings. The summed E-state index contributed by atoms with van der Waals surface area (Å²) >= 11 is 6.79. The number of aromatic nitrogens is 1. The van der Waals surface area contributed by atoms with E-state index in [9.17, 15) is 13.2 Å². The molecule has 10 heteroatoms. The topological polar surface area (TPSA) is 98.5 Å². The largest absolute Gasteiger partial charge is 0.465 e. The lowest BCUT2D eigenvalue weighted by atomic mass is 10.5. The number of hydrogen-bond acceptors (Lipinski definition) is 7. The van der Waals surface area contributed by atoms with Crippen LogP contribution in [-0.2, 0) is 14.8 Å². The van der Waals surface area contributed by atoms with E-state index in [1.165, 1.54) is 25.5 Å². The lowest BCUT2D eigenvalue weighted by Crippen LogP contribution is -2.16. The number of aryl methyl sites for hydroxylation is 1. The summed E-state index contributed by atoms with van der Waals surface area (Å²) in [5.41, 5.74) is 0. The fraction of sp³-hybridized carbons (Fsp3) is 0.200. The highest BCUT2D eigenvalue weighted by Gasteiger charge is 2.26. The smallest absolute Gasteiger partial charge is 0.349 e. The van der Waals surface area contributed by atoms with E-state index in [0.29, 0.717) is 0 Å².